The number of carbonyl (C=O) groups is 2. The summed E-state index contributed by atoms with van der Waals surface area (Å²) >= 11 is 6.26. The van der Waals surface area contributed by atoms with E-state index in [1.165, 1.54) is 0 Å². The molecule has 0 radical (unpaired) electrons. The van der Waals surface area contributed by atoms with Crippen molar-refractivity contribution in [3.05, 3.63) is 94.6 Å². The van der Waals surface area contributed by atoms with Crippen LogP contribution in [0.1, 0.15) is 18.1 Å². The van der Waals surface area contributed by atoms with Gasteiger partial charge in [-0.15, -0.1) is 0 Å². The summed E-state index contributed by atoms with van der Waals surface area (Å²) in [6.07, 6.45) is 0. The van der Waals surface area contributed by atoms with Crippen LogP contribution in [0.15, 0.2) is 78.5 Å². The fraction of sp³-hybridized carbons (Fsp3) is 0.120. The van der Waals surface area contributed by atoms with E-state index >= 15 is 0 Å². The second kappa shape index (κ2) is 8.66. The number of amides is 2. The number of anilines is 2. The fourth-order valence-electron chi connectivity index (χ4n) is 3.47. The zero-order valence-electron chi connectivity index (χ0n) is 17.2. The van der Waals surface area contributed by atoms with Crippen LogP contribution in [0.4, 0.5) is 11.4 Å². The van der Waals surface area contributed by atoms with Crippen molar-refractivity contribution in [2.75, 3.05) is 16.8 Å². The number of rotatable bonds is 6. The van der Waals surface area contributed by atoms with Gasteiger partial charge in [-0.1, -0.05) is 60.1 Å². The van der Waals surface area contributed by atoms with Gasteiger partial charge in [0, 0.05) is 10.7 Å². The molecule has 0 spiro atoms. The van der Waals surface area contributed by atoms with Crippen molar-refractivity contribution < 1.29 is 14.3 Å². The van der Waals surface area contributed by atoms with Crippen LogP contribution in [0.2, 0.25) is 5.02 Å². The van der Waals surface area contributed by atoms with Crippen LogP contribution in [0.5, 0.6) is 5.75 Å². The predicted octanol–water partition coefficient (Wildman–Crippen LogP) is 5.44. The van der Waals surface area contributed by atoms with Crippen molar-refractivity contribution in [1.29, 1.82) is 0 Å². The largest absolute Gasteiger partial charge is 0.492 e. The first-order valence-electron chi connectivity index (χ1n) is 9.94. The van der Waals surface area contributed by atoms with E-state index in [2.05, 4.69) is 5.32 Å². The standard InChI is InChI=1S/C25H21ClN2O3/c1-3-31-21-12-8-7-11-20(21)28-24(29)22(17-9-5-4-6-10-17)23(25(28)30)27-18-14-13-16(2)19(26)15-18/h4-15,27H,3H2,1-2H3. The number of ether oxygens (including phenoxy) is 1. The van der Waals surface area contributed by atoms with Crippen LogP contribution in [0.3, 0.4) is 0 Å². The highest BCUT2D eigenvalue weighted by Crippen LogP contribution is 2.38. The molecule has 5 nitrogen and oxygen atoms in total. The van der Waals surface area contributed by atoms with Crippen molar-refractivity contribution in [2.24, 2.45) is 0 Å². The Morgan fingerprint density at radius 3 is 2.35 bits per heavy atom. The Kier molecular flexibility index (Phi) is 5.78. The monoisotopic (exact) mass is 432 g/mol. The minimum Gasteiger partial charge on any atom is -0.492 e. The minimum atomic E-state index is -0.451. The second-order valence-electron chi connectivity index (χ2n) is 7.05. The number of carbonyl (C=O) groups excluding carboxylic acids is 2. The number of nitrogens with zero attached hydrogens (tertiary/aromatic N) is 1. The van der Waals surface area contributed by atoms with Gasteiger partial charge in [0.15, 0.2) is 0 Å². The highest BCUT2D eigenvalue weighted by atomic mass is 35.5. The molecule has 1 heterocycles. The van der Waals surface area contributed by atoms with Gasteiger partial charge in [0.2, 0.25) is 0 Å². The van der Waals surface area contributed by atoms with Crippen LogP contribution in [0, 0.1) is 6.92 Å². The van der Waals surface area contributed by atoms with Crippen LogP contribution in [-0.2, 0) is 9.59 Å². The van der Waals surface area contributed by atoms with Gasteiger partial charge in [-0.2, -0.15) is 0 Å². The molecule has 0 saturated carbocycles. The number of para-hydroxylation sites is 2. The first-order chi connectivity index (χ1) is 15.0. The Morgan fingerprint density at radius 1 is 0.935 bits per heavy atom. The average Bonchev–Trinajstić information content (AvgIpc) is 3.01. The Morgan fingerprint density at radius 2 is 1.65 bits per heavy atom. The average molecular weight is 433 g/mol. The van der Waals surface area contributed by atoms with E-state index in [-0.39, 0.29) is 5.70 Å². The maximum Gasteiger partial charge on any atom is 0.282 e. The van der Waals surface area contributed by atoms with E-state index in [0.29, 0.717) is 39.9 Å². The van der Waals surface area contributed by atoms with E-state index in [4.69, 9.17) is 16.3 Å². The van der Waals surface area contributed by atoms with E-state index in [9.17, 15) is 9.59 Å². The molecule has 0 bridgehead atoms. The number of halogens is 1. The minimum absolute atomic E-state index is 0.197. The zero-order chi connectivity index (χ0) is 22.0. The van der Waals surface area contributed by atoms with Gasteiger partial charge in [0.1, 0.15) is 11.4 Å². The molecule has 3 aromatic rings. The molecular weight excluding hydrogens is 412 g/mol. The molecule has 0 atom stereocenters. The first kappa shape index (κ1) is 20.7. The van der Waals surface area contributed by atoms with Crippen LogP contribution < -0.4 is 15.0 Å². The molecule has 1 aliphatic rings. The van der Waals surface area contributed by atoms with Crippen molar-refractivity contribution in [3.63, 3.8) is 0 Å². The molecule has 0 fully saturated rings. The van der Waals surface area contributed by atoms with E-state index in [1.54, 1.807) is 30.3 Å². The highest BCUT2D eigenvalue weighted by Gasteiger charge is 2.41. The lowest BCUT2D eigenvalue weighted by Gasteiger charge is -2.19. The number of benzene rings is 3. The Bertz CT molecular complexity index is 1190. The highest BCUT2D eigenvalue weighted by molar-refractivity contribution is 6.46. The Balaban J connectivity index is 1.82. The quantitative estimate of drug-likeness (QED) is 0.526. The maximum atomic E-state index is 13.5. The summed E-state index contributed by atoms with van der Waals surface area (Å²) in [5.74, 6) is -0.393. The zero-order valence-corrected chi connectivity index (χ0v) is 17.9. The molecule has 1 aliphatic heterocycles. The van der Waals surface area contributed by atoms with E-state index in [0.717, 1.165) is 10.5 Å². The van der Waals surface area contributed by atoms with Crippen molar-refractivity contribution in [3.8, 4) is 5.75 Å². The maximum absolute atomic E-state index is 13.5. The van der Waals surface area contributed by atoms with Gasteiger partial charge in [0.25, 0.3) is 11.8 Å². The third-order valence-electron chi connectivity index (χ3n) is 4.99. The molecule has 156 valence electrons. The Labute approximate surface area is 185 Å². The van der Waals surface area contributed by atoms with Crippen LogP contribution in [-0.4, -0.2) is 18.4 Å². The summed E-state index contributed by atoms with van der Waals surface area (Å²) in [7, 11) is 0. The van der Waals surface area contributed by atoms with Crippen molar-refractivity contribution in [2.45, 2.75) is 13.8 Å². The summed E-state index contributed by atoms with van der Waals surface area (Å²) in [4.78, 5) is 28.2. The SMILES string of the molecule is CCOc1ccccc1N1C(=O)C(Nc2ccc(C)c(Cl)c2)=C(c2ccccc2)C1=O. The lowest BCUT2D eigenvalue weighted by atomic mass is 10.0. The normalized spacial score (nSPS) is 13.7. The molecule has 0 unspecified atom stereocenters. The molecule has 6 heteroatoms. The number of hydrogen-bond acceptors (Lipinski definition) is 4. The number of hydrogen-bond donors (Lipinski definition) is 1. The first-order valence-corrected chi connectivity index (χ1v) is 10.3. The second-order valence-corrected chi connectivity index (χ2v) is 7.46. The summed E-state index contributed by atoms with van der Waals surface area (Å²) < 4.78 is 5.67. The third kappa shape index (κ3) is 3.92. The van der Waals surface area contributed by atoms with Crippen LogP contribution in [0.25, 0.3) is 5.57 Å². The molecule has 3 aromatic carbocycles. The summed E-state index contributed by atoms with van der Waals surface area (Å²) in [5, 5.41) is 3.70. The summed E-state index contributed by atoms with van der Waals surface area (Å²) in [6.45, 7) is 4.17. The fourth-order valence-corrected chi connectivity index (χ4v) is 3.65. The van der Waals surface area contributed by atoms with Gasteiger partial charge in [-0.25, -0.2) is 4.90 Å². The number of aryl methyl sites for hydroxylation is 1. The van der Waals surface area contributed by atoms with Gasteiger partial charge in [-0.05, 0) is 49.2 Å². The summed E-state index contributed by atoms with van der Waals surface area (Å²) in [6, 6.07) is 21.6. The van der Waals surface area contributed by atoms with Crippen LogP contribution >= 0.6 is 11.6 Å². The predicted molar refractivity (Wildman–Crippen MR) is 123 cm³/mol. The Hall–Kier alpha value is -3.57. The molecule has 0 aliphatic carbocycles. The van der Waals surface area contributed by atoms with Gasteiger partial charge in [0.05, 0.1) is 17.9 Å². The molecule has 4 rings (SSSR count). The summed E-state index contributed by atoms with van der Waals surface area (Å²) in [5.41, 5.74) is 3.10. The lowest BCUT2D eigenvalue weighted by Crippen LogP contribution is -2.32. The van der Waals surface area contributed by atoms with E-state index in [1.807, 2.05) is 56.3 Å². The van der Waals surface area contributed by atoms with Gasteiger partial charge < -0.3 is 10.1 Å². The molecule has 0 aromatic heterocycles. The molecular formula is C25H21ClN2O3. The lowest BCUT2D eigenvalue weighted by molar-refractivity contribution is -0.120. The molecule has 2 amide bonds. The van der Waals surface area contributed by atoms with Crippen molar-refractivity contribution in [1.82, 2.24) is 0 Å². The topological polar surface area (TPSA) is 58.6 Å². The molecule has 0 saturated heterocycles. The number of nitrogens with one attached hydrogen (secondary N) is 1. The number of imide groups is 1. The smallest absolute Gasteiger partial charge is 0.282 e. The molecule has 1 N–H and O–H groups in total. The van der Waals surface area contributed by atoms with E-state index < -0.39 is 11.8 Å². The molecule has 31 heavy (non-hydrogen) atoms. The van der Waals surface area contributed by atoms with Gasteiger partial charge >= 0.3 is 0 Å². The van der Waals surface area contributed by atoms with Crippen molar-refractivity contribution >= 4 is 40.4 Å². The third-order valence-corrected chi connectivity index (χ3v) is 5.40. The van der Waals surface area contributed by atoms with Gasteiger partial charge in [-0.3, -0.25) is 9.59 Å².